The number of amides is 1. The molecule has 1 aliphatic heterocycles. The Morgan fingerprint density at radius 1 is 1.63 bits per heavy atom. The molecule has 2 heterocycles. The van der Waals surface area contributed by atoms with Crippen LogP contribution in [0.5, 0.6) is 0 Å². The highest BCUT2D eigenvalue weighted by atomic mass is 32.1. The van der Waals surface area contributed by atoms with Gasteiger partial charge < -0.3 is 15.4 Å². The Hall–Kier alpha value is -0.980. The molecule has 2 N–H and O–H groups in total. The Kier molecular flexibility index (Phi) is 4.54. The number of thiazole rings is 1. The van der Waals surface area contributed by atoms with Crippen LogP contribution in [0, 0.1) is 6.92 Å². The zero-order chi connectivity index (χ0) is 14.0. The van der Waals surface area contributed by atoms with Gasteiger partial charge in [-0.25, -0.2) is 4.98 Å². The highest BCUT2D eigenvalue weighted by molar-refractivity contribution is 7.13. The quantitative estimate of drug-likeness (QED) is 0.917. The van der Waals surface area contributed by atoms with E-state index in [0.717, 1.165) is 30.1 Å². The van der Waals surface area contributed by atoms with Crippen LogP contribution in [0.3, 0.4) is 0 Å². The second kappa shape index (κ2) is 5.98. The molecule has 106 valence electrons. The third-order valence-corrected chi connectivity index (χ3v) is 4.76. The maximum atomic E-state index is 12.5. The largest absolute Gasteiger partial charge is 0.375 e. The summed E-state index contributed by atoms with van der Waals surface area (Å²) in [5, 5.41) is 0.852. The number of ether oxygens (including phenoxy) is 1. The summed E-state index contributed by atoms with van der Waals surface area (Å²) in [5.74, 6) is 0.0553. The molecule has 2 atom stereocenters. The number of aryl methyl sites for hydroxylation is 1. The fraction of sp³-hybridized carbons (Fsp3) is 0.692. The average Bonchev–Trinajstić information content (AvgIpc) is 2.79. The van der Waals surface area contributed by atoms with Crippen LogP contribution in [-0.4, -0.2) is 42.0 Å². The number of aromatic nitrogens is 1. The van der Waals surface area contributed by atoms with E-state index in [1.165, 1.54) is 11.3 Å². The Morgan fingerprint density at radius 2 is 2.37 bits per heavy atom. The van der Waals surface area contributed by atoms with Gasteiger partial charge in [-0.3, -0.25) is 4.79 Å². The molecule has 0 radical (unpaired) electrons. The lowest BCUT2D eigenvalue weighted by Gasteiger charge is -2.30. The van der Waals surface area contributed by atoms with Crippen molar-refractivity contribution in [3.05, 3.63) is 15.6 Å². The van der Waals surface area contributed by atoms with Gasteiger partial charge in [-0.1, -0.05) is 0 Å². The number of rotatable bonds is 3. The van der Waals surface area contributed by atoms with Crippen molar-refractivity contribution in [1.82, 2.24) is 9.88 Å². The molecule has 2 rings (SSSR count). The Bertz CT molecular complexity index is 461. The summed E-state index contributed by atoms with van der Waals surface area (Å²) in [6, 6.07) is 0.100. The lowest BCUT2D eigenvalue weighted by Crippen LogP contribution is -2.45. The molecule has 0 aliphatic carbocycles. The lowest BCUT2D eigenvalue weighted by molar-refractivity contribution is 0.0713. The van der Waals surface area contributed by atoms with Crippen molar-refractivity contribution < 1.29 is 9.53 Å². The molecule has 6 heteroatoms. The molecular formula is C13H21N3O2S. The van der Waals surface area contributed by atoms with Crippen LogP contribution in [0.15, 0.2) is 0 Å². The van der Waals surface area contributed by atoms with E-state index in [1.807, 2.05) is 18.7 Å². The summed E-state index contributed by atoms with van der Waals surface area (Å²) >= 11 is 1.43. The molecule has 19 heavy (non-hydrogen) atoms. The molecular weight excluding hydrogens is 262 g/mol. The molecule has 1 saturated heterocycles. The minimum atomic E-state index is -0.0751. The number of hydrogen-bond acceptors (Lipinski definition) is 5. The van der Waals surface area contributed by atoms with Crippen LogP contribution in [-0.2, 0) is 4.74 Å². The van der Waals surface area contributed by atoms with E-state index in [4.69, 9.17) is 10.5 Å². The summed E-state index contributed by atoms with van der Waals surface area (Å²) in [4.78, 5) is 19.5. The van der Waals surface area contributed by atoms with Gasteiger partial charge in [0.05, 0.1) is 5.69 Å². The van der Waals surface area contributed by atoms with Crippen molar-refractivity contribution >= 4 is 17.2 Å². The van der Waals surface area contributed by atoms with Crippen LogP contribution in [0.25, 0.3) is 0 Å². The SMILES string of the molecule is CO[C@H](C)c1nc(C)c(C(=O)N2CCC[C@@H](N)C2)s1. The summed E-state index contributed by atoms with van der Waals surface area (Å²) < 4.78 is 5.25. The first-order valence-electron chi connectivity index (χ1n) is 6.58. The van der Waals surface area contributed by atoms with Crippen molar-refractivity contribution in [2.75, 3.05) is 20.2 Å². The van der Waals surface area contributed by atoms with Crippen LogP contribution in [0.1, 0.15) is 46.2 Å². The van der Waals surface area contributed by atoms with E-state index >= 15 is 0 Å². The smallest absolute Gasteiger partial charge is 0.265 e. The van der Waals surface area contributed by atoms with Gasteiger partial charge in [0.15, 0.2) is 0 Å². The maximum Gasteiger partial charge on any atom is 0.265 e. The van der Waals surface area contributed by atoms with Crippen LogP contribution in [0.2, 0.25) is 0 Å². The molecule has 1 aromatic heterocycles. The van der Waals surface area contributed by atoms with Gasteiger partial charge in [0.1, 0.15) is 16.0 Å². The molecule has 0 bridgehead atoms. The minimum Gasteiger partial charge on any atom is -0.375 e. The fourth-order valence-corrected chi connectivity index (χ4v) is 3.29. The van der Waals surface area contributed by atoms with Gasteiger partial charge in [-0.2, -0.15) is 0 Å². The van der Waals surface area contributed by atoms with E-state index in [-0.39, 0.29) is 18.1 Å². The van der Waals surface area contributed by atoms with Gasteiger partial charge in [0.25, 0.3) is 5.91 Å². The first-order valence-corrected chi connectivity index (χ1v) is 7.39. The number of nitrogens with zero attached hydrogens (tertiary/aromatic N) is 2. The van der Waals surface area contributed by atoms with Crippen LogP contribution >= 0.6 is 11.3 Å². The molecule has 1 fully saturated rings. The zero-order valence-electron chi connectivity index (χ0n) is 11.7. The number of likely N-dealkylation sites (tertiary alicyclic amines) is 1. The zero-order valence-corrected chi connectivity index (χ0v) is 12.5. The van der Waals surface area contributed by atoms with Crippen molar-refractivity contribution in [1.29, 1.82) is 0 Å². The highest BCUT2D eigenvalue weighted by Crippen LogP contribution is 2.27. The molecule has 5 nitrogen and oxygen atoms in total. The fourth-order valence-electron chi connectivity index (χ4n) is 2.23. The second-order valence-corrected chi connectivity index (χ2v) is 6.03. The second-order valence-electron chi connectivity index (χ2n) is 5.00. The van der Waals surface area contributed by atoms with Gasteiger partial charge in [-0.15, -0.1) is 11.3 Å². The van der Waals surface area contributed by atoms with E-state index < -0.39 is 0 Å². The molecule has 1 aliphatic rings. The van der Waals surface area contributed by atoms with Crippen LogP contribution < -0.4 is 5.73 Å². The molecule has 1 aromatic rings. The molecule has 1 amide bonds. The van der Waals surface area contributed by atoms with Gasteiger partial charge in [-0.05, 0) is 26.7 Å². The first-order chi connectivity index (χ1) is 9.02. The topological polar surface area (TPSA) is 68.5 Å². The van der Waals surface area contributed by atoms with Crippen LogP contribution in [0.4, 0.5) is 0 Å². The van der Waals surface area contributed by atoms with E-state index in [2.05, 4.69) is 4.98 Å². The first kappa shape index (κ1) is 14.4. The Morgan fingerprint density at radius 3 is 3.00 bits per heavy atom. The normalized spacial score (nSPS) is 21.5. The Balaban J connectivity index is 2.16. The maximum absolute atomic E-state index is 12.5. The Labute approximate surface area is 117 Å². The third-order valence-electron chi connectivity index (χ3n) is 3.45. The number of carbonyl (C=O) groups excluding carboxylic acids is 1. The summed E-state index contributed by atoms with van der Waals surface area (Å²) in [7, 11) is 1.65. The van der Waals surface area contributed by atoms with E-state index in [1.54, 1.807) is 7.11 Å². The van der Waals surface area contributed by atoms with Crippen molar-refractivity contribution in [3.63, 3.8) is 0 Å². The number of nitrogens with two attached hydrogens (primary N) is 1. The predicted molar refractivity (Wildman–Crippen MR) is 75.4 cm³/mol. The van der Waals surface area contributed by atoms with E-state index in [0.29, 0.717) is 11.4 Å². The van der Waals surface area contributed by atoms with Crippen molar-refractivity contribution in [2.45, 2.75) is 38.8 Å². The molecule has 0 saturated carbocycles. The monoisotopic (exact) mass is 283 g/mol. The lowest BCUT2D eigenvalue weighted by atomic mass is 10.1. The van der Waals surface area contributed by atoms with Gasteiger partial charge in [0.2, 0.25) is 0 Å². The summed E-state index contributed by atoms with van der Waals surface area (Å²) in [6.07, 6.45) is 1.90. The summed E-state index contributed by atoms with van der Waals surface area (Å²) in [5.41, 5.74) is 6.71. The average molecular weight is 283 g/mol. The molecule has 0 unspecified atom stereocenters. The third kappa shape index (κ3) is 3.13. The van der Waals surface area contributed by atoms with Crippen molar-refractivity contribution in [3.8, 4) is 0 Å². The molecule has 0 spiro atoms. The summed E-state index contributed by atoms with van der Waals surface area (Å²) in [6.45, 7) is 5.24. The highest BCUT2D eigenvalue weighted by Gasteiger charge is 2.26. The van der Waals surface area contributed by atoms with Gasteiger partial charge >= 0.3 is 0 Å². The number of piperidine rings is 1. The predicted octanol–water partition coefficient (Wildman–Crippen LogP) is 1.72. The van der Waals surface area contributed by atoms with Crippen molar-refractivity contribution in [2.24, 2.45) is 5.73 Å². The number of methoxy groups -OCH3 is 1. The minimum absolute atomic E-state index is 0.0553. The van der Waals surface area contributed by atoms with Gasteiger partial charge in [0, 0.05) is 26.2 Å². The number of hydrogen-bond donors (Lipinski definition) is 1. The molecule has 0 aromatic carbocycles. The van der Waals surface area contributed by atoms with E-state index in [9.17, 15) is 4.79 Å². The number of carbonyl (C=O) groups is 1. The standard InChI is InChI=1S/C13H21N3O2S/c1-8-11(19-12(15-8)9(2)18-3)13(17)16-6-4-5-10(14)7-16/h9-10H,4-7,14H2,1-3H3/t9-,10-/m1/s1.